The molecular weight excluding hydrogens is 361 g/mol. The number of carbonyl (C=O) groups excluding carboxylic acids is 1. The third-order valence-corrected chi connectivity index (χ3v) is 4.57. The average molecular weight is 379 g/mol. The Morgan fingerprint density at radius 3 is 2.57 bits per heavy atom. The van der Waals surface area contributed by atoms with Crippen LogP contribution in [0.3, 0.4) is 0 Å². The van der Waals surface area contributed by atoms with Gasteiger partial charge in [0.05, 0.1) is 12.7 Å². The number of ether oxygens (including phenoxy) is 1. The molecule has 0 fully saturated rings. The number of hydrogen-bond acceptors (Lipinski definition) is 5. The SMILES string of the molecule is COc1ccc(NC(=O)C2=C(C)Nc3ncnn3C2c2ccc(F)cc2)cc1. The minimum absolute atomic E-state index is 0.286. The number of amides is 1. The average Bonchev–Trinajstić information content (AvgIpc) is 3.16. The maximum atomic E-state index is 13.4. The largest absolute Gasteiger partial charge is 0.497 e. The molecular formula is C20H18FN5O2. The summed E-state index contributed by atoms with van der Waals surface area (Å²) in [6, 6.07) is 12.5. The Balaban J connectivity index is 1.71. The summed E-state index contributed by atoms with van der Waals surface area (Å²) in [6.07, 6.45) is 1.41. The van der Waals surface area contributed by atoms with Crippen molar-refractivity contribution in [1.29, 1.82) is 0 Å². The van der Waals surface area contributed by atoms with Crippen LogP contribution < -0.4 is 15.4 Å². The van der Waals surface area contributed by atoms with Crippen molar-refractivity contribution in [3.8, 4) is 5.75 Å². The molecule has 7 nitrogen and oxygen atoms in total. The van der Waals surface area contributed by atoms with Gasteiger partial charge >= 0.3 is 0 Å². The molecule has 2 heterocycles. The lowest BCUT2D eigenvalue weighted by atomic mass is 9.95. The maximum absolute atomic E-state index is 13.4. The fraction of sp³-hybridized carbons (Fsp3) is 0.150. The molecule has 28 heavy (non-hydrogen) atoms. The van der Waals surface area contributed by atoms with Gasteiger partial charge in [0.2, 0.25) is 5.95 Å². The van der Waals surface area contributed by atoms with E-state index in [1.165, 1.54) is 18.5 Å². The van der Waals surface area contributed by atoms with Crippen molar-refractivity contribution in [3.63, 3.8) is 0 Å². The molecule has 1 atom stereocenters. The summed E-state index contributed by atoms with van der Waals surface area (Å²) in [5, 5.41) is 10.3. The Kier molecular flexibility index (Phi) is 4.52. The van der Waals surface area contributed by atoms with Gasteiger partial charge in [-0.3, -0.25) is 4.79 Å². The number of carbonyl (C=O) groups is 1. The van der Waals surface area contributed by atoms with E-state index in [0.29, 0.717) is 28.7 Å². The predicted molar refractivity (Wildman–Crippen MR) is 103 cm³/mol. The zero-order chi connectivity index (χ0) is 19.7. The monoisotopic (exact) mass is 379 g/mol. The fourth-order valence-electron chi connectivity index (χ4n) is 3.21. The smallest absolute Gasteiger partial charge is 0.255 e. The lowest BCUT2D eigenvalue weighted by Gasteiger charge is -2.28. The normalized spacial score (nSPS) is 15.6. The molecule has 8 heteroatoms. The molecule has 1 unspecified atom stereocenters. The summed E-state index contributed by atoms with van der Waals surface area (Å²) in [4.78, 5) is 17.3. The van der Waals surface area contributed by atoms with Crippen LogP contribution in [-0.4, -0.2) is 27.8 Å². The summed E-state index contributed by atoms with van der Waals surface area (Å²) in [5.41, 5.74) is 2.49. The highest BCUT2D eigenvalue weighted by Gasteiger charge is 2.33. The molecule has 2 aromatic carbocycles. The zero-order valence-electron chi connectivity index (χ0n) is 15.3. The first-order valence-electron chi connectivity index (χ1n) is 8.65. The molecule has 2 N–H and O–H groups in total. The van der Waals surface area contributed by atoms with E-state index in [2.05, 4.69) is 20.7 Å². The number of hydrogen-bond donors (Lipinski definition) is 2. The molecule has 142 valence electrons. The summed E-state index contributed by atoms with van der Waals surface area (Å²) < 4.78 is 20.2. The van der Waals surface area contributed by atoms with Crippen molar-refractivity contribution in [2.24, 2.45) is 0 Å². The van der Waals surface area contributed by atoms with Crippen molar-refractivity contribution in [2.75, 3.05) is 17.7 Å². The Hall–Kier alpha value is -3.68. The van der Waals surface area contributed by atoms with Gasteiger partial charge in [0.15, 0.2) is 0 Å². The van der Waals surface area contributed by atoms with Gasteiger partial charge in [-0.25, -0.2) is 9.07 Å². The molecule has 3 aromatic rings. The lowest BCUT2D eigenvalue weighted by molar-refractivity contribution is -0.113. The van der Waals surface area contributed by atoms with Crippen LogP contribution in [0.5, 0.6) is 5.75 Å². The standard InChI is InChI=1S/C20H18FN5O2/c1-12-17(19(27)25-15-7-9-16(28-2)10-8-15)18(13-3-5-14(21)6-4-13)26-20(24-12)22-11-23-26/h3-11,18H,1-2H3,(H,25,27)(H,22,23,24). The van der Waals surface area contributed by atoms with Gasteiger partial charge in [-0.1, -0.05) is 12.1 Å². The topological polar surface area (TPSA) is 81.1 Å². The molecule has 0 aliphatic carbocycles. The number of benzene rings is 2. The van der Waals surface area contributed by atoms with Crippen LogP contribution in [0.2, 0.25) is 0 Å². The predicted octanol–water partition coefficient (Wildman–Crippen LogP) is 3.35. The first-order valence-corrected chi connectivity index (χ1v) is 8.65. The van der Waals surface area contributed by atoms with Crippen molar-refractivity contribution in [1.82, 2.24) is 14.8 Å². The van der Waals surface area contributed by atoms with Gasteiger partial charge in [-0.05, 0) is 48.9 Å². The van der Waals surface area contributed by atoms with E-state index in [9.17, 15) is 9.18 Å². The number of anilines is 2. The van der Waals surface area contributed by atoms with E-state index in [1.807, 2.05) is 0 Å². The molecule has 1 aromatic heterocycles. The van der Waals surface area contributed by atoms with E-state index in [4.69, 9.17) is 4.74 Å². The summed E-state index contributed by atoms with van der Waals surface area (Å²) in [7, 11) is 1.58. The van der Waals surface area contributed by atoms with Crippen LogP contribution in [0.25, 0.3) is 0 Å². The second kappa shape index (κ2) is 7.15. The van der Waals surface area contributed by atoms with Crippen LogP contribution >= 0.6 is 0 Å². The van der Waals surface area contributed by atoms with Gasteiger partial charge in [0, 0.05) is 11.4 Å². The van der Waals surface area contributed by atoms with Gasteiger partial charge in [0.25, 0.3) is 5.91 Å². The fourth-order valence-corrected chi connectivity index (χ4v) is 3.21. The van der Waals surface area contributed by atoms with E-state index >= 15 is 0 Å². The Morgan fingerprint density at radius 1 is 1.18 bits per heavy atom. The number of allylic oxidation sites excluding steroid dienone is 1. The molecule has 0 spiro atoms. The second-order valence-electron chi connectivity index (χ2n) is 6.33. The number of fused-ring (bicyclic) bond motifs is 1. The highest BCUT2D eigenvalue weighted by Crippen LogP contribution is 2.35. The quantitative estimate of drug-likeness (QED) is 0.727. The van der Waals surface area contributed by atoms with Crippen molar-refractivity contribution < 1.29 is 13.9 Å². The minimum Gasteiger partial charge on any atom is -0.497 e. The highest BCUT2D eigenvalue weighted by atomic mass is 19.1. The van der Waals surface area contributed by atoms with E-state index in [1.54, 1.807) is 55.1 Å². The molecule has 0 saturated heterocycles. The number of nitrogens with one attached hydrogen (secondary N) is 2. The summed E-state index contributed by atoms with van der Waals surface area (Å²) >= 11 is 0. The van der Waals surface area contributed by atoms with E-state index in [-0.39, 0.29) is 11.7 Å². The van der Waals surface area contributed by atoms with Crippen LogP contribution in [0.15, 0.2) is 66.1 Å². The molecule has 0 radical (unpaired) electrons. The molecule has 0 saturated carbocycles. The van der Waals surface area contributed by atoms with Gasteiger partial charge in [-0.2, -0.15) is 10.1 Å². The number of halogens is 1. The minimum atomic E-state index is -0.530. The summed E-state index contributed by atoms with van der Waals surface area (Å²) in [6.45, 7) is 1.80. The van der Waals surface area contributed by atoms with Crippen LogP contribution in [0, 0.1) is 5.82 Å². The van der Waals surface area contributed by atoms with Crippen LogP contribution in [-0.2, 0) is 4.79 Å². The van der Waals surface area contributed by atoms with Crippen molar-refractivity contribution in [3.05, 3.63) is 77.5 Å². The van der Waals surface area contributed by atoms with E-state index in [0.717, 1.165) is 5.56 Å². The Morgan fingerprint density at radius 2 is 1.89 bits per heavy atom. The number of nitrogens with zero attached hydrogens (tertiary/aromatic N) is 3. The Labute approximate surface area is 160 Å². The number of rotatable bonds is 4. The van der Waals surface area contributed by atoms with Crippen LogP contribution in [0.1, 0.15) is 18.5 Å². The van der Waals surface area contributed by atoms with Crippen LogP contribution in [0.4, 0.5) is 16.0 Å². The van der Waals surface area contributed by atoms with Crippen molar-refractivity contribution >= 4 is 17.5 Å². The Bertz CT molecular complexity index is 1040. The number of methoxy groups -OCH3 is 1. The first kappa shape index (κ1) is 17.7. The molecule has 0 bridgehead atoms. The zero-order valence-corrected chi connectivity index (χ0v) is 15.3. The number of aromatic nitrogens is 3. The lowest BCUT2D eigenvalue weighted by Crippen LogP contribution is -2.31. The first-order chi connectivity index (χ1) is 13.6. The third-order valence-electron chi connectivity index (χ3n) is 4.57. The molecule has 4 rings (SSSR count). The maximum Gasteiger partial charge on any atom is 0.255 e. The van der Waals surface area contributed by atoms with Gasteiger partial charge in [-0.15, -0.1) is 0 Å². The third kappa shape index (κ3) is 3.20. The molecule has 1 aliphatic heterocycles. The van der Waals surface area contributed by atoms with Gasteiger partial charge < -0.3 is 15.4 Å². The van der Waals surface area contributed by atoms with Gasteiger partial charge in [0.1, 0.15) is 23.9 Å². The molecule has 1 aliphatic rings. The molecule has 1 amide bonds. The van der Waals surface area contributed by atoms with E-state index < -0.39 is 6.04 Å². The second-order valence-corrected chi connectivity index (χ2v) is 6.33. The highest BCUT2D eigenvalue weighted by molar-refractivity contribution is 6.06. The van der Waals surface area contributed by atoms with Crippen molar-refractivity contribution in [2.45, 2.75) is 13.0 Å². The summed E-state index contributed by atoms with van der Waals surface area (Å²) in [5.74, 6) is 0.587.